The van der Waals surface area contributed by atoms with E-state index in [4.69, 9.17) is 15.9 Å². The number of aromatic carboxylic acids is 1. The van der Waals surface area contributed by atoms with Crippen LogP contribution in [-0.4, -0.2) is 164 Å². The fourth-order valence-corrected chi connectivity index (χ4v) is 8.46. The first-order valence-corrected chi connectivity index (χ1v) is 25.9. The smallest absolute Gasteiger partial charge is 0.336 e. The maximum Gasteiger partial charge on any atom is 0.336 e. The van der Waals surface area contributed by atoms with E-state index in [9.17, 15) is 97.8 Å². The Balaban J connectivity index is 1.23. The van der Waals surface area contributed by atoms with Crippen LogP contribution < -0.4 is 64.5 Å². The Bertz CT molecular complexity index is 3480. The molecule has 1 heterocycles. The summed E-state index contributed by atoms with van der Waals surface area (Å²) in [6.07, 6.45) is -5.62. The van der Waals surface area contributed by atoms with Crippen LogP contribution in [0.4, 0.5) is 0 Å². The van der Waals surface area contributed by atoms with Crippen LogP contribution in [0.2, 0.25) is 0 Å². The van der Waals surface area contributed by atoms with E-state index in [-0.39, 0.29) is 40.2 Å². The molecule has 3 aromatic carbocycles. The number of carboxylic acids is 3. The zero-order chi connectivity index (χ0) is 63.7. The number of rotatable bonds is 30. The van der Waals surface area contributed by atoms with E-state index in [1.807, 2.05) is 10.6 Å². The lowest BCUT2D eigenvalue weighted by molar-refractivity contribution is -0.306. The van der Waals surface area contributed by atoms with Crippen LogP contribution in [0.1, 0.15) is 65.8 Å². The van der Waals surface area contributed by atoms with Crippen molar-refractivity contribution in [2.75, 3.05) is 13.2 Å². The Morgan fingerprint density at radius 1 is 0.640 bits per heavy atom. The summed E-state index contributed by atoms with van der Waals surface area (Å²) in [5.74, 6) is -17.4. The van der Waals surface area contributed by atoms with Gasteiger partial charge in [-0.15, -0.1) is 0 Å². The predicted molar refractivity (Wildman–Crippen MR) is 293 cm³/mol. The second-order valence-electron chi connectivity index (χ2n) is 19.3. The number of hydrogen-bond donors (Lipinski definition) is 15. The lowest BCUT2D eigenvalue weighted by Gasteiger charge is -2.27. The second kappa shape index (κ2) is 29.9. The number of aromatic hydroxyl groups is 1. The number of phenols is 1. The average molecular weight is 1200 g/mol. The van der Waals surface area contributed by atoms with Gasteiger partial charge >= 0.3 is 11.9 Å². The highest BCUT2D eigenvalue weighted by molar-refractivity contribution is 6.09. The lowest BCUT2D eigenvalue weighted by atomic mass is 9.90. The molecule has 8 atom stereocenters. The summed E-state index contributed by atoms with van der Waals surface area (Å²) in [4.78, 5) is 180. The lowest BCUT2D eigenvalue weighted by Crippen LogP contribution is -2.61. The standard InChI is InChI=1S/C55H60N10O21/c1-24(48(77)65-46(25(2)67)54(83)62-35(47(57)76)16-26-6-4-3-5-7-26)59-51(80)36(20-43(72)73)63-50(79)34(14-15-41(56)70)61-52(81)37(21-44(74)75)64-53(82)38(23-66)60-42(71)22-58-49(78)27-8-11-30(33(17-27)55(84)85)45-31-12-9-28(68)18-39(31)86-40-19-29(69)10-13-32(40)45/h3-13,17-19,24-25,34-38,46,66-68H,14-16,20-23H2,1-2H3,(H2,56,70)(H2,57,76)(H,58,78)(H,59,80)(H,60,71)(H,61,81)(H,62,83)(H,63,79)(H,64,82)(H,65,77)(H,72,73)(H,74,75)(H,84,85)/p-1/t24-,25+,34-,35-,36-,37-,38-,46-/m0/s1. The van der Waals surface area contributed by atoms with Gasteiger partial charge in [0, 0.05) is 59.4 Å². The molecule has 1 aliphatic heterocycles. The number of amides is 10. The van der Waals surface area contributed by atoms with Gasteiger partial charge in [-0.25, -0.2) is 4.79 Å². The molecule has 0 spiro atoms. The molecule has 456 valence electrons. The minimum atomic E-state index is -2.15. The summed E-state index contributed by atoms with van der Waals surface area (Å²) in [5, 5.41) is 79.6. The number of carbonyl (C=O) groups excluding carboxylic acids is 11. The van der Waals surface area contributed by atoms with E-state index in [2.05, 4.69) is 31.9 Å². The fraction of sp³-hybridized carbons (Fsp3) is 0.309. The van der Waals surface area contributed by atoms with E-state index >= 15 is 0 Å². The third-order valence-electron chi connectivity index (χ3n) is 12.8. The number of benzene rings is 4. The Hall–Kier alpha value is -10.8. The topological polar surface area (TPSA) is 525 Å². The van der Waals surface area contributed by atoms with Crippen LogP contribution in [0.15, 0.2) is 94.1 Å². The number of aliphatic hydroxyl groups is 2. The molecule has 10 amide bonds. The molecule has 31 nitrogen and oxygen atoms in total. The molecule has 1 aliphatic carbocycles. The number of nitrogens with one attached hydrogen (secondary N) is 8. The van der Waals surface area contributed by atoms with Gasteiger partial charge in [-0.1, -0.05) is 36.4 Å². The zero-order valence-corrected chi connectivity index (χ0v) is 45.6. The summed E-state index contributed by atoms with van der Waals surface area (Å²) < 4.78 is 5.82. The first-order chi connectivity index (χ1) is 40.6. The molecular weight excluding hydrogens is 1140 g/mol. The van der Waals surface area contributed by atoms with Crippen molar-refractivity contribution < 1.29 is 97.4 Å². The number of carboxylic acid groups (broad SMARTS) is 3. The van der Waals surface area contributed by atoms with Crippen molar-refractivity contribution in [1.82, 2.24) is 42.5 Å². The molecular formula is C55H59N10O21-. The maximum absolute atomic E-state index is 13.7. The molecule has 0 fully saturated rings. The van der Waals surface area contributed by atoms with E-state index < -0.39 is 175 Å². The zero-order valence-electron chi connectivity index (χ0n) is 45.6. The molecule has 0 saturated carbocycles. The van der Waals surface area contributed by atoms with Crippen molar-refractivity contribution >= 4 is 87.9 Å². The summed E-state index contributed by atoms with van der Waals surface area (Å²) in [6.45, 7) is 0.0248. The Morgan fingerprint density at radius 3 is 1.85 bits per heavy atom. The highest BCUT2D eigenvalue weighted by Gasteiger charge is 2.35. The highest BCUT2D eigenvalue weighted by Crippen LogP contribution is 2.42. The Kier molecular flexibility index (Phi) is 23.0. The van der Waals surface area contributed by atoms with Gasteiger partial charge < -0.3 is 93.9 Å². The largest absolute Gasteiger partial charge is 0.550 e. The van der Waals surface area contributed by atoms with Crippen molar-refractivity contribution in [2.45, 2.75) is 94.3 Å². The van der Waals surface area contributed by atoms with Crippen molar-refractivity contribution in [3.63, 3.8) is 0 Å². The van der Waals surface area contributed by atoms with Crippen LogP contribution in [0.5, 0.6) is 5.75 Å². The van der Waals surface area contributed by atoms with Gasteiger partial charge in [0.05, 0.1) is 31.2 Å². The van der Waals surface area contributed by atoms with E-state index in [0.29, 0.717) is 16.5 Å². The molecule has 17 N–H and O–H groups in total. The molecule has 0 aromatic heterocycles. The number of nitrogens with two attached hydrogens (primary N) is 2. The predicted octanol–water partition coefficient (Wildman–Crippen LogP) is -4.91. The van der Waals surface area contributed by atoms with Crippen molar-refractivity contribution in [3.8, 4) is 28.2 Å². The van der Waals surface area contributed by atoms with Gasteiger partial charge in [0.15, 0.2) is 5.43 Å². The number of phenolic OH excluding ortho intramolecular Hbond substituents is 1. The molecule has 0 unspecified atom stereocenters. The second-order valence-corrected chi connectivity index (χ2v) is 19.3. The first-order valence-electron chi connectivity index (χ1n) is 25.9. The van der Waals surface area contributed by atoms with Crippen molar-refractivity contribution in [3.05, 3.63) is 112 Å². The molecule has 5 rings (SSSR count). The number of hydrogen-bond acceptors (Lipinski definition) is 19. The van der Waals surface area contributed by atoms with Gasteiger partial charge in [-0.3, -0.25) is 57.5 Å². The van der Waals surface area contributed by atoms with Crippen LogP contribution in [0.25, 0.3) is 33.4 Å². The minimum absolute atomic E-state index is 0.0547. The first kappa shape index (κ1) is 66.0. The molecule has 86 heavy (non-hydrogen) atoms. The summed E-state index contributed by atoms with van der Waals surface area (Å²) in [5.41, 5.74) is 10.9. The summed E-state index contributed by atoms with van der Waals surface area (Å²) in [7, 11) is 0. The molecule has 3 aromatic rings. The van der Waals surface area contributed by atoms with Gasteiger partial charge in [0.25, 0.3) is 5.91 Å². The molecule has 2 aliphatic rings. The summed E-state index contributed by atoms with van der Waals surface area (Å²) in [6, 6.07) is 6.69. The van der Waals surface area contributed by atoms with Crippen LogP contribution in [0, 0.1) is 0 Å². The minimum Gasteiger partial charge on any atom is -0.550 e. The number of fused-ring (bicyclic) bond motifs is 2. The average Bonchev–Trinajstić information content (AvgIpc) is 1.20. The van der Waals surface area contributed by atoms with Crippen LogP contribution >= 0.6 is 0 Å². The molecule has 0 saturated heterocycles. The Morgan fingerprint density at radius 2 is 1.24 bits per heavy atom. The Labute approximate surface area is 485 Å². The van der Waals surface area contributed by atoms with Gasteiger partial charge in [0.2, 0.25) is 53.2 Å². The van der Waals surface area contributed by atoms with Crippen LogP contribution in [-0.2, 0) is 59.2 Å². The number of aliphatic carboxylic acids is 2. The number of primary amides is 2. The molecule has 31 heteroatoms. The third-order valence-corrected chi connectivity index (χ3v) is 12.8. The monoisotopic (exact) mass is 1200 g/mol. The third kappa shape index (κ3) is 18.3. The normalized spacial score (nSPS) is 13.8. The fourth-order valence-electron chi connectivity index (χ4n) is 8.46. The van der Waals surface area contributed by atoms with Gasteiger partial charge in [-0.05, 0) is 67.8 Å². The quantitative estimate of drug-likeness (QED) is 0.0192. The summed E-state index contributed by atoms with van der Waals surface area (Å²) >= 11 is 0. The van der Waals surface area contributed by atoms with E-state index in [0.717, 1.165) is 26.0 Å². The van der Waals surface area contributed by atoms with Gasteiger partial charge in [-0.2, -0.15) is 0 Å². The number of aliphatic hydroxyl groups excluding tert-OH is 2. The number of carbonyl (C=O) groups is 13. The maximum atomic E-state index is 13.7. The van der Waals surface area contributed by atoms with Crippen LogP contribution in [0.3, 0.4) is 0 Å². The SMILES string of the molecule is C[C@H](NC(=O)[C@H](CC(=O)[O-])NC(=O)[C@H](CCC(N)=O)NC(=O)[C@H](CC(=O)O)NC(=O)[C@H](CO)NC(=O)CNC(=O)c1ccc(-c2c3ccc(=O)cc-3oc3cc(O)ccc23)c(C(=O)O)c1)C(=O)N[C@H](C(=O)N[C@@H](Cc1ccccc1)C(N)=O)[C@@H](C)O. The van der Waals surface area contributed by atoms with E-state index in [1.165, 1.54) is 42.5 Å². The highest BCUT2D eigenvalue weighted by atomic mass is 16.4. The van der Waals surface area contributed by atoms with E-state index in [1.54, 1.807) is 30.3 Å². The van der Waals surface area contributed by atoms with Crippen molar-refractivity contribution in [2.24, 2.45) is 11.5 Å². The molecule has 0 bridgehead atoms. The molecule has 0 radical (unpaired) electrons. The van der Waals surface area contributed by atoms with Gasteiger partial charge in [0.1, 0.15) is 59.4 Å². The van der Waals surface area contributed by atoms with Crippen molar-refractivity contribution in [1.29, 1.82) is 0 Å².